The van der Waals surface area contributed by atoms with Crippen molar-refractivity contribution >= 4 is 11.9 Å². The van der Waals surface area contributed by atoms with E-state index in [1.807, 2.05) is 0 Å². The highest BCUT2D eigenvalue weighted by Crippen LogP contribution is 2.18. The van der Waals surface area contributed by atoms with Gasteiger partial charge in [0.05, 0.1) is 0 Å². The van der Waals surface area contributed by atoms with Crippen molar-refractivity contribution in [2.75, 3.05) is 0 Å². The molecule has 4 nitrogen and oxygen atoms in total. The minimum absolute atomic E-state index is 0.00954. The Kier molecular flexibility index (Phi) is 8.31. The van der Waals surface area contributed by atoms with Gasteiger partial charge < -0.3 is 9.47 Å². The van der Waals surface area contributed by atoms with Gasteiger partial charge in [0.25, 0.3) is 0 Å². The van der Waals surface area contributed by atoms with E-state index >= 15 is 0 Å². The SMILES string of the molecule is CCCC1CCCC(=O)O1.CCCCC1CCC(=O)O1. The van der Waals surface area contributed by atoms with Gasteiger partial charge in [-0.1, -0.05) is 33.1 Å². The molecule has 2 heterocycles. The number of esters is 2. The highest BCUT2D eigenvalue weighted by molar-refractivity contribution is 5.71. The van der Waals surface area contributed by atoms with Crippen LogP contribution in [0.3, 0.4) is 0 Å². The van der Waals surface area contributed by atoms with E-state index in [0.29, 0.717) is 12.8 Å². The van der Waals surface area contributed by atoms with Crippen molar-refractivity contribution in [3.63, 3.8) is 0 Å². The molecule has 0 aromatic rings. The highest BCUT2D eigenvalue weighted by atomic mass is 16.6. The minimum atomic E-state index is -0.0129. The Bertz CT molecular complexity index is 299. The Morgan fingerprint density at radius 3 is 2.10 bits per heavy atom. The summed E-state index contributed by atoms with van der Waals surface area (Å²) in [5.41, 5.74) is 0. The van der Waals surface area contributed by atoms with Crippen LogP contribution in [0.25, 0.3) is 0 Å². The summed E-state index contributed by atoms with van der Waals surface area (Å²) in [6.07, 6.45) is 10.3. The number of ether oxygens (including phenoxy) is 2. The van der Waals surface area contributed by atoms with Crippen molar-refractivity contribution in [1.29, 1.82) is 0 Å². The van der Waals surface area contributed by atoms with E-state index in [0.717, 1.165) is 38.5 Å². The van der Waals surface area contributed by atoms with Crippen LogP contribution in [-0.2, 0) is 19.1 Å². The lowest BCUT2D eigenvalue weighted by molar-refractivity contribution is -0.154. The van der Waals surface area contributed by atoms with Crippen LogP contribution in [0.4, 0.5) is 0 Å². The van der Waals surface area contributed by atoms with Crippen LogP contribution in [0.15, 0.2) is 0 Å². The normalized spacial score (nSPS) is 25.5. The third-order valence-electron chi connectivity index (χ3n) is 3.66. The van der Waals surface area contributed by atoms with Gasteiger partial charge in [-0.05, 0) is 32.1 Å². The molecule has 0 saturated carbocycles. The predicted octanol–water partition coefficient (Wildman–Crippen LogP) is 3.76. The molecule has 0 N–H and O–H groups in total. The number of rotatable bonds is 5. The largest absolute Gasteiger partial charge is 0.462 e. The first-order valence-corrected chi connectivity index (χ1v) is 8.04. The summed E-state index contributed by atoms with van der Waals surface area (Å²) in [6, 6.07) is 0. The van der Waals surface area contributed by atoms with Crippen LogP contribution in [0.5, 0.6) is 0 Å². The van der Waals surface area contributed by atoms with E-state index in [1.54, 1.807) is 0 Å². The lowest BCUT2D eigenvalue weighted by Gasteiger charge is -2.21. The molecule has 0 bridgehead atoms. The van der Waals surface area contributed by atoms with Gasteiger partial charge in [0.15, 0.2) is 0 Å². The maximum absolute atomic E-state index is 10.7. The van der Waals surface area contributed by atoms with E-state index in [-0.39, 0.29) is 24.1 Å². The molecular weight excluding hydrogens is 256 g/mol. The van der Waals surface area contributed by atoms with Gasteiger partial charge in [0.2, 0.25) is 0 Å². The predicted molar refractivity (Wildman–Crippen MR) is 77.3 cm³/mol. The molecule has 2 unspecified atom stereocenters. The molecule has 20 heavy (non-hydrogen) atoms. The van der Waals surface area contributed by atoms with E-state index < -0.39 is 0 Å². The summed E-state index contributed by atoms with van der Waals surface area (Å²) in [6.45, 7) is 4.26. The third kappa shape index (κ3) is 6.92. The van der Waals surface area contributed by atoms with Gasteiger partial charge in [0, 0.05) is 12.8 Å². The molecule has 0 aromatic heterocycles. The molecule has 2 aliphatic heterocycles. The topological polar surface area (TPSA) is 52.6 Å². The van der Waals surface area contributed by atoms with Gasteiger partial charge in [-0.2, -0.15) is 0 Å². The summed E-state index contributed by atoms with van der Waals surface area (Å²) >= 11 is 0. The van der Waals surface area contributed by atoms with Crippen molar-refractivity contribution in [3.05, 3.63) is 0 Å². The lowest BCUT2D eigenvalue weighted by atomic mass is 10.1. The smallest absolute Gasteiger partial charge is 0.306 e. The second kappa shape index (κ2) is 9.78. The van der Waals surface area contributed by atoms with Crippen molar-refractivity contribution in [1.82, 2.24) is 0 Å². The van der Waals surface area contributed by atoms with Gasteiger partial charge in [-0.15, -0.1) is 0 Å². The highest BCUT2D eigenvalue weighted by Gasteiger charge is 2.22. The van der Waals surface area contributed by atoms with Crippen LogP contribution in [0.1, 0.15) is 78.1 Å². The molecule has 0 aromatic carbocycles. The second-order valence-corrected chi connectivity index (χ2v) is 5.59. The van der Waals surface area contributed by atoms with Crippen molar-refractivity contribution in [2.24, 2.45) is 0 Å². The van der Waals surface area contributed by atoms with E-state index in [1.165, 1.54) is 12.8 Å². The van der Waals surface area contributed by atoms with E-state index in [2.05, 4.69) is 13.8 Å². The number of hydrogen-bond acceptors (Lipinski definition) is 4. The zero-order chi connectivity index (χ0) is 14.8. The molecule has 0 aliphatic carbocycles. The van der Waals surface area contributed by atoms with Crippen LogP contribution in [0.2, 0.25) is 0 Å². The second-order valence-electron chi connectivity index (χ2n) is 5.59. The fourth-order valence-electron chi connectivity index (χ4n) is 2.52. The van der Waals surface area contributed by atoms with Gasteiger partial charge in [-0.3, -0.25) is 9.59 Å². The summed E-state index contributed by atoms with van der Waals surface area (Å²) in [5, 5.41) is 0. The third-order valence-corrected chi connectivity index (χ3v) is 3.66. The number of unbranched alkanes of at least 4 members (excludes halogenated alkanes) is 1. The zero-order valence-electron chi connectivity index (χ0n) is 12.9. The molecule has 2 aliphatic rings. The van der Waals surface area contributed by atoms with Crippen molar-refractivity contribution < 1.29 is 19.1 Å². The fourth-order valence-corrected chi connectivity index (χ4v) is 2.52. The van der Waals surface area contributed by atoms with Crippen molar-refractivity contribution in [3.8, 4) is 0 Å². The van der Waals surface area contributed by atoms with Crippen LogP contribution < -0.4 is 0 Å². The molecule has 2 rings (SSSR count). The molecule has 2 fully saturated rings. The molecule has 2 saturated heterocycles. The molecular formula is C16H28O4. The Morgan fingerprint density at radius 2 is 1.55 bits per heavy atom. The van der Waals surface area contributed by atoms with Crippen LogP contribution in [-0.4, -0.2) is 24.1 Å². The molecule has 2 atom stereocenters. The summed E-state index contributed by atoms with van der Waals surface area (Å²) in [5.74, 6) is -0.0224. The molecule has 0 spiro atoms. The fraction of sp³-hybridized carbons (Fsp3) is 0.875. The van der Waals surface area contributed by atoms with Gasteiger partial charge in [0.1, 0.15) is 12.2 Å². The van der Waals surface area contributed by atoms with Crippen LogP contribution in [0, 0.1) is 0 Å². The summed E-state index contributed by atoms with van der Waals surface area (Å²) < 4.78 is 10.1. The Balaban J connectivity index is 0.000000200. The minimum Gasteiger partial charge on any atom is -0.462 e. The lowest BCUT2D eigenvalue weighted by Crippen LogP contribution is -2.22. The van der Waals surface area contributed by atoms with Crippen LogP contribution >= 0.6 is 0 Å². The maximum Gasteiger partial charge on any atom is 0.306 e. The Morgan fingerprint density at radius 1 is 0.900 bits per heavy atom. The summed E-state index contributed by atoms with van der Waals surface area (Å²) in [7, 11) is 0. The van der Waals surface area contributed by atoms with Gasteiger partial charge >= 0.3 is 11.9 Å². The average Bonchev–Trinajstić information content (AvgIpc) is 2.83. The Hall–Kier alpha value is -1.06. The first kappa shape index (κ1) is 17.0. The summed E-state index contributed by atoms with van der Waals surface area (Å²) in [4.78, 5) is 21.3. The molecule has 4 heteroatoms. The standard InChI is InChI=1S/2C8H14O2/c1-2-4-7-5-3-6-8(9)10-7;1-2-3-4-7-5-6-8(9)10-7/h2*7H,2-6H2,1H3. The molecule has 0 amide bonds. The number of hydrogen-bond donors (Lipinski definition) is 0. The van der Waals surface area contributed by atoms with Gasteiger partial charge in [-0.25, -0.2) is 0 Å². The average molecular weight is 284 g/mol. The number of cyclic esters (lactones) is 2. The number of carbonyl (C=O) groups is 2. The molecule has 0 radical (unpaired) electrons. The molecule has 116 valence electrons. The first-order valence-electron chi connectivity index (χ1n) is 8.04. The van der Waals surface area contributed by atoms with E-state index in [4.69, 9.17) is 9.47 Å². The Labute approximate surface area is 122 Å². The van der Waals surface area contributed by atoms with E-state index in [9.17, 15) is 9.59 Å². The van der Waals surface area contributed by atoms with Crippen molar-refractivity contribution in [2.45, 2.75) is 90.3 Å². The monoisotopic (exact) mass is 284 g/mol. The number of carbonyl (C=O) groups excluding carboxylic acids is 2. The zero-order valence-corrected chi connectivity index (χ0v) is 12.9. The quantitative estimate of drug-likeness (QED) is 0.721. The first-order chi connectivity index (χ1) is 9.65. The maximum atomic E-state index is 10.7.